The first kappa shape index (κ1) is 18.3. The Morgan fingerprint density at radius 2 is 2.12 bits per heavy atom. The van der Waals surface area contributed by atoms with E-state index in [2.05, 4.69) is 41.8 Å². The van der Waals surface area contributed by atoms with Gasteiger partial charge in [-0.2, -0.15) is 0 Å². The minimum absolute atomic E-state index is 0.510. The number of ether oxygens (including phenoxy) is 1. The van der Waals surface area contributed by atoms with Gasteiger partial charge in [0.1, 0.15) is 11.6 Å². The van der Waals surface area contributed by atoms with E-state index in [4.69, 9.17) is 4.74 Å². The maximum absolute atomic E-state index is 5.39. The number of benzene rings is 1. The van der Waals surface area contributed by atoms with E-state index in [9.17, 15) is 0 Å². The molecule has 0 unspecified atom stereocenters. The van der Waals surface area contributed by atoms with Crippen LogP contribution >= 0.6 is 15.9 Å². The molecule has 8 heteroatoms. The number of aryl methyl sites for hydroxylation is 1. The molecule has 0 saturated heterocycles. The summed E-state index contributed by atoms with van der Waals surface area (Å²) in [5, 5.41) is 14.7. The van der Waals surface area contributed by atoms with Crippen molar-refractivity contribution in [2.45, 2.75) is 26.9 Å². The van der Waals surface area contributed by atoms with Crippen LogP contribution in [0.15, 0.2) is 27.7 Å². The average molecular weight is 395 g/mol. The maximum Gasteiger partial charge on any atom is 0.191 e. The molecule has 2 rings (SSSR count). The summed E-state index contributed by atoms with van der Waals surface area (Å²) in [7, 11) is 3.61. The minimum atomic E-state index is 0.510. The third kappa shape index (κ3) is 4.70. The molecule has 7 nitrogen and oxygen atoms in total. The van der Waals surface area contributed by atoms with E-state index in [1.807, 2.05) is 43.7 Å². The Bertz CT molecular complexity index is 713. The van der Waals surface area contributed by atoms with Crippen LogP contribution in [0.5, 0.6) is 5.75 Å². The van der Waals surface area contributed by atoms with Crippen molar-refractivity contribution in [2.75, 3.05) is 13.7 Å². The lowest BCUT2D eigenvalue weighted by molar-refractivity contribution is 0.409. The molecule has 1 aromatic carbocycles. The van der Waals surface area contributed by atoms with Crippen molar-refractivity contribution in [2.24, 2.45) is 12.0 Å². The largest absolute Gasteiger partial charge is 0.496 e. The van der Waals surface area contributed by atoms with Gasteiger partial charge in [-0.15, -0.1) is 10.2 Å². The van der Waals surface area contributed by atoms with Crippen molar-refractivity contribution < 1.29 is 4.74 Å². The van der Waals surface area contributed by atoms with Gasteiger partial charge in [-0.25, -0.2) is 4.99 Å². The molecule has 130 valence electrons. The second-order valence-electron chi connectivity index (χ2n) is 5.23. The average Bonchev–Trinajstić information content (AvgIpc) is 2.89. The number of hydrogen-bond donors (Lipinski definition) is 2. The number of rotatable bonds is 6. The fourth-order valence-electron chi connectivity index (χ4n) is 2.14. The molecule has 2 aromatic rings. The van der Waals surface area contributed by atoms with Gasteiger partial charge >= 0.3 is 0 Å². The molecule has 0 spiro atoms. The standard InChI is InChI=1S/C16H23BrN6O/c1-5-18-16(20-10-15-22-21-11(2)23(15)3)19-9-12-8-13(17)6-7-14(12)24-4/h6-8H,5,9-10H2,1-4H3,(H2,18,19,20). The smallest absolute Gasteiger partial charge is 0.191 e. The molecule has 0 amide bonds. The van der Waals surface area contributed by atoms with Gasteiger partial charge in [0.05, 0.1) is 20.2 Å². The van der Waals surface area contributed by atoms with Crippen molar-refractivity contribution in [1.82, 2.24) is 25.4 Å². The van der Waals surface area contributed by atoms with Crippen molar-refractivity contribution in [1.29, 1.82) is 0 Å². The molecule has 0 saturated carbocycles. The fourth-order valence-corrected chi connectivity index (χ4v) is 2.55. The number of guanidine groups is 1. The summed E-state index contributed by atoms with van der Waals surface area (Å²) in [6.07, 6.45) is 0. The molecular weight excluding hydrogens is 372 g/mol. The number of aromatic nitrogens is 3. The van der Waals surface area contributed by atoms with Crippen molar-refractivity contribution in [3.63, 3.8) is 0 Å². The number of methoxy groups -OCH3 is 1. The lowest BCUT2D eigenvalue weighted by Crippen LogP contribution is -2.37. The van der Waals surface area contributed by atoms with Crippen LogP contribution in [-0.2, 0) is 20.1 Å². The quantitative estimate of drug-likeness (QED) is 0.579. The Balaban J connectivity index is 2.08. The van der Waals surface area contributed by atoms with Crippen LogP contribution in [0, 0.1) is 6.92 Å². The third-order valence-electron chi connectivity index (χ3n) is 3.59. The van der Waals surface area contributed by atoms with E-state index in [-0.39, 0.29) is 0 Å². The van der Waals surface area contributed by atoms with Crippen LogP contribution in [0.2, 0.25) is 0 Å². The van der Waals surface area contributed by atoms with Gasteiger partial charge < -0.3 is 19.9 Å². The molecule has 0 fully saturated rings. The number of nitrogens with one attached hydrogen (secondary N) is 2. The predicted molar refractivity (Wildman–Crippen MR) is 98.1 cm³/mol. The first-order valence-electron chi connectivity index (χ1n) is 7.74. The normalized spacial score (nSPS) is 11.5. The Morgan fingerprint density at radius 3 is 2.75 bits per heavy atom. The summed E-state index contributed by atoms with van der Waals surface area (Å²) in [5.74, 6) is 3.28. The first-order valence-corrected chi connectivity index (χ1v) is 8.54. The molecule has 24 heavy (non-hydrogen) atoms. The van der Waals surface area contributed by atoms with E-state index in [0.29, 0.717) is 13.1 Å². The number of halogens is 1. The summed E-state index contributed by atoms with van der Waals surface area (Å²) in [5.41, 5.74) is 1.01. The zero-order valence-corrected chi connectivity index (χ0v) is 16.0. The zero-order valence-electron chi connectivity index (χ0n) is 14.4. The highest BCUT2D eigenvalue weighted by Crippen LogP contribution is 2.23. The highest BCUT2D eigenvalue weighted by molar-refractivity contribution is 9.10. The summed E-state index contributed by atoms with van der Waals surface area (Å²) in [6, 6.07) is 5.89. The van der Waals surface area contributed by atoms with Crippen LogP contribution in [0.4, 0.5) is 0 Å². The lowest BCUT2D eigenvalue weighted by atomic mass is 10.2. The van der Waals surface area contributed by atoms with Gasteiger partial charge in [0.25, 0.3) is 0 Å². The van der Waals surface area contributed by atoms with Gasteiger partial charge in [-0.05, 0) is 32.0 Å². The van der Waals surface area contributed by atoms with Crippen LogP contribution in [0.1, 0.15) is 24.1 Å². The summed E-state index contributed by atoms with van der Waals surface area (Å²) in [4.78, 5) is 4.62. The molecule has 2 N–H and O–H groups in total. The SMILES string of the molecule is CCNC(=NCc1cc(Br)ccc1OC)NCc1nnc(C)n1C. The summed E-state index contributed by atoms with van der Waals surface area (Å²) in [6.45, 7) is 5.80. The van der Waals surface area contributed by atoms with Crippen LogP contribution < -0.4 is 15.4 Å². The lowest BCUT2D eigenvalue weighted by Gasteiger charge is -2.12. The Kier molecular flexibility index (Phi) is 6.60. The molecule has 0 aliphatic rings. The van der Waals surface area contributed by atoms with E-state index in [1.54, 1.807) is 7.11 Å². The van der Waals surface area contributed by atoms with E-state index in [0.717, 1.165) is 39.9 Å². The first-order chi connectivity index (χ1) is 11.5. The van der Waals surface area contributed by atoms with Gasteiger partial charge in [0.15, 0.2) is 11.8 Å². The van der Waals surface area contributed by atoms with Crippen LogP contribution in [-0.4, -0.2) is 34.4 Å². The second-order valence-corrected chi connectivity index (χ2v) is 6.14. The number of hydrogen-bond acceptors (Lipinski definition) is 4. The second kappa shape index (κ2) is 8.68. The monoisotopic (exact) mass is 394 g/mol. The highest BCUT2D eigenvalue weighted by atomic mass is 79.9. The van der Waals surface area contributed by atoms with Gasteiger partial charge in [0, 0.05) is 23.6 Å². The van der Waals surface area contributed by atoms with E-state index < -0.39 is 0 Å². The Labute approximate surface area is 150 Å². The van der Waals surface area contributed by atoms with E-state index >= 15 is 0 Å². The molecule has 0 bridgehead atoms. The summed E-state index contributed by atoms with van der Waals surface area (Å²) >= 11 is 3.48. The molecule has 1 aromatic heterocycles. The Hall–Kier alpha value is -2.09. The molecule has 1 heterocycles. The van der Waals surface area contributed by atoms with Gasteiger partial charge in [-0.3, -0.25) is 0 Å². The maximum atomic E-state index is 5.39. The minimum Gasteiger partial charge on any atom is -0.496 e. The fraction of sp³-hybridized carbons (Fsp3) is 0.438. The zero-order chi connectivity index (χ0) is 17.5. The third-order valence-corrected chi connectivity index (χ3v) is 4.08. The van der Waals surface area contributed by atoms with Gasteiger partial charge in [-0.1, -0.05) is 15.9 Å². The molecule has 0 aliphatic carbocycles. The van der Waals surface area contributed by atoms with E-state index in [1.165, 1.54) is 0 Å². The van der Waals surface area contributed by atoms with Crippen molar-refractivity contribution in [3.05, 3.63) is 39.9 Å². The Morgan fingerprint density at radius 1 is 1.33 bits per heavy atom. The molecule has 0 aliphatic heterocycles. The van der Waals surface area contributed by atoms with Crippen molar-refractivity contribution >= 4 is 21.9 Å². The van der Waals surface area contributed by atoms with Gasteiger partial charge in [0.2, 0.25) is 0 Å². The molecular formula is C16H23BrN6O. The topological polar surface area (TPSA) is 76.4 Å². The number of aliphatic imine (C=N–C) groups is 1. The highest BCUT2D eigenvalue weighted by Gasteiger charge is 2.07. The molecule has 0 atom stereocenters. The van der Waals surface area contributed by atoms with Crippen LogP contribution in [0.3, 0.4) is 0 Å². The van der Waals surface area contributed by atoms with Crippen LogP contribution in [0.25, 0.3) is 0 Å². The molecule has 0 radical (unpaired) electrons. The van der Waals surface area contributed by atoms with Crippen molar-refractivity contribution in [3.8, 4) is 5.75 Å². The predicted octanol–water partition coefficient (Wildman–Crippen LogP) is 2.15. The number of nitrogens with zero attached hydrogens (tertiary/aromatic N) is 4. The summed E-state index contributed by atoms with van der Waals surface area (Å²) < 4.78 is 8.34.